The Bertz CT molecular complexity index is 2610. The minimum absolute atomic E-state index is 0.0659. The summed E-state index contributed by atoms with van der Waals surface area (Å²) in [4.78, 5) is 50.0. The van der Waals surface area contributed by atoms with Crippen LogP contribution in [0.15, 0.2) is 66.7 Å². The van der Waals surface area contributed by atoms with Gasteiger partial charge in [0.25, 0.3) is 5.91 Å². The smallest absolute Gasteiger partial charge is 0.256 e. The quantitative estimate of drug-likeness (QED) is 0.168. The number of amides is 3. The number of benzene rings is 3. The van der Waals surface area contributed by atoms with Crippen LogP contribution in [0, 0.1) is 39.8 Å². The average Bonchev–Trinajstić information content (AvgIpc) is 3.68. The van der Waals surface area contributed by atoms with Gasteiger partial charge in [0.2, 0.25) is 11.8 Å². The first-order chi connectivity index (χ1) is 29.6. The highest BCUT2D eigenvalue weighted by molar-refractivity contribution is 6.31. The topological polar surface area (TPSA) is 163 Å². The number of carbonyl (C=O) groups is 3. The lowest BCUT2D eigenvalue weighted by molar-refractivity contribution is -0.199. The van der Waals surface area contributed by atoms with Crippen molar-refractivity contribution < 1.29 is 33.7 Å². The maximum Gasteiger partial charge on any atom is 0.256 e. The highest BCUT2D eigenvalue weighted by atomic mass is 35.5. The zero-order valence-corrected chi connectivity index (χ0v) is 35.4. The number of imide groups is 1. The van der Waals surface area contributed by atoms with Crippen LogP contribution in [0.4, 0.5) is 15.8 Å². The molecule has 5 aliphatic rings. The normalized spacial score (nSPS) is 25.0. The first kappa shape index (κ1) is 41.3. The number of aliphatic hydroxyl groups is 2. The lowest BCUT2D eigenvalue weighted by atomic mass is 9.49. The zero-order chi connectivity index (χ0) is 43.8. The van der Waals surface area contributed by atoms with Crippen molar-refractivity contribution in [1.29, 1.82) is 5.26 Å². The molecule has 3 amide bonds. The summed E-state index contributed by atoms with van der Waals surface area (Å²) in [5.74, 6) is 5.35. The number of anilines is 2. The number of hydrogen-bond donors (Lipinski definition) is 3. The van der Waals surface area contributed by atoms with Crippen LogP contribution in [-0.4, -0.2) is 87.1 Å². The molecular weight excluding hydrogens is 813 g/mol. The molecule has 3 atom stereocenters. The minimum atomic E-state index is -1.39. The Kier molecular flexibility index (Phi) is 10.3. The zero-order valence-electron chi connectivity index (χ0n) is 34.7. The summed E-state index contributed by atoms with van der Waals surface area (Å²) in [6.45, 7) is 11.0. The maximum absolute atomic E-state index is 15.6. The van der Waals surface area contributed by atoms with E-state index in [1.807, 2.05) is 34.1 Å². The predicted molar refractivity (Wildman–Crippen MR) is 227 cm³/mol. The molecule has 13 nitrogen and oxygen atoms in total. The fourth-order valence-corrected chi connectivity index (χ4v) is 10.8. The van der Waals surface area contributed by atoms with Crippen molar-refractivity contribution in [3.8, 4) is 23.7 Å². The average molecular weight is 858 g/mol. The van der Waals surface area contributed by atoms with Crippen molar-refractivity contribution in [1.82, 2.24) is 20.1 Å². The molecule has 4 aliphatic heterocycles. The number of nitrogens with zero attached hydrogens (tertiary/aromatic N) is 6. The van der Waals surface area contributed by atoms with Gasteiger partial charge in [-0.3, -0.25) is 19.7 Å². The van der Waals surface area contributed by atoms with E-state index in [1.165, 1.54) is 11.0 Å². The van der Waals surface area contributed by atoms with E-state index >= 15 is 4.39 Å². The first-order valence-electron chi connectivity index (χ1n) is 20.7. The van der Waals surface area contributed by atoms with Crippen LogP contribution >= 0.6 is 11.6 Å². The molecule has 5 heterocycles. The van der Waals surface area contributed by atoms with Crippen molar-refractivity contribution in [3.05, 3.63) is 117 Å². The van der Waals surface area contributed by atoms with Crippen molar-refractivity contribution >= 4 is 40.7 Å². The number of rotatable bonds is 6. The summed E-state index contributed by atoms with van der Waals surface area (Å²) in [6.07, 6.45) is -2.73. The van der Waals surface area contributed by atoms with E-state index in [2.05, 4.69) is 55.8 Å². The van der Waals surface area contributed by atoms with E-state index in [0.29, 0.717) is 77.3 Å². The monoisotopic (exact) mass is 857 g/mol. The number of piperazine rings is 1. The molecule has 318 valence electrons. The van der Waals surface area contributed by atoms with Crippen LogP contribution in [0.5, 0.6) is 5.75 Å². The Morgan fingerprint density at radius 2 is 1.56 bits per heavy atom. The molecule has 15 heteroatoms. The number of piperidine rings is 1. The van der Waals surface area contributed by atoms with Crippen molar-refractivity contribution in [2.75, 3.05) is 36.0 Å². The van der Waals surface area contributed by atoms with Gasteiger partial charge in [-0.1, -0.05) is 45.2 Å². The molecule has 3 N–H and O–H groups in total. The van der Waals surface area contributed by atoms with Crippen molar-refractivity contribution in [2.45, 2.75) is 77.7 Å². The summed E-state index contributed by atoms with van der Waals surface area (Å²) in [6, 6.07) is 20.3. The molecule has 3 fully saturated rings. The van der Waals surface area contributed by atoms with E-state index in [-0.39, 0.29) is 36.5 Å². The molecule has 0 spiro atoms. The third-order valence-corrected chi connectivity index (χ3v) is 13.5. The Morgan fingerprint density at radius 1 is 0.887 bits per heavy atom. The highest BCUT2D eigenvalue weighted by Crippen LogP contribution is 2.59. The predicted octanol–water partition coefficient (Wildman–Crippen LogP) is 5.41. The Morgan fingerprint density at radius 3 is 2.23 bits per heavy atom. The lowest BCUT2D eigenvalue weighted by Gasteiger charge is -2.65. The summed E-state index contributed by atoms with van der Waals surface area (Å²) in [5.41, 5.74) is 4.04. The van der Waals surface area contributed by atoms with Gasteiger partial charge in [-0.15, -0.1) is 0 Å². The number of halogens is 2. The summed E-state index contributed by atoms with van der Waals surface area (Å²) < 4.78 is 22.0. The third-order valence-electron chi connectivity index (χ3n) is 13.2. The third kappa shape index (κ3) is 6.92. The Balaban J connectivity index is 0.818. The molecule has 62 heavy (non-hydrogen) atoms. The molecule has 9 rings (SSSR count). The number of hydrogen-bond acceptors (Lipinski definition) is 11. The number of ether oxygens (including phenoxy) is 1. The van der Waals surface area contributed by atoms with Gasteiger partial charge in [0, 0.05) is 77.9 Å². The van der Waals surface area contributed by atoms with E-state index < -0.39 is 47.0 Å². The number of carbonyl (C=O) groups excluding carboxylic acids is 3. The van der Waals surface area contributed by atoms with E-state index in [1.54, 1.807) is 36.4 Å². The Hall–Kier alpha value is -6.03. The van der Waals surface area contributed by atoms with Gasteiger partial charge in [-0.25, -0.2) is 14.3 Å². The summed E-state index contributed by atoms with van der Waals surface area (Å²) in [7, 11) is 0. The summed E-state index contributed by atoms with van der Waals surface area (Å²) >= 11 is 6.28. The first-order valence-corrected chi connectivity index (χ1v) is 21.0. The van der Waals surface area contributed by atoms with E-state index in [4.69, 9.17) is 21.3 Å². The van der Waals surface area contributed by atoms with Crippen molar-refractivity contribution in [3.63, 3.8) is 0 Å². The molecule has 0 radical (unpaired) electrons. The van der Waals surface area contributed by atoms with E-state index in [9.17, 15) is 29.9 Å². The van der Waals surface area contributed by atoms with Crippen LogP contribution in [-0.2, 0) is 16.1 Å². The summed E-state index contributed by atoms with van der Waals surface area (Å²) in [5, 5.41) is 34.0. The number of nitrogens with one attached hydrogen (secondary N) is 1. The number of fused-ring (bicyclic) bond motifs is 2. The van der Waals surface area contributed by atoms with Crippen LogP contribution < -0.4 is 19.9 Å². The fraction of sp³-hybridized carbons (Fsp3) is 0.383. The number of aliphatic hydroxyl groups excluding tert-OH is 2. The van der Waals surface area contributed by atoms with Gasteiger partial charge in [0.05, 0.1) is 40.1 Å². The highest BCUT2D eigenvalue weighted by Gasteiger charge is 2.67. The second kappa shape index (κ2) is 15.4. The van der Waals surface area contributed by atoms with Gasteiger partial charge in [0.15, 0.2) is 0 Å². The van der Waals surface area contributed by atoms with E-state index in [0.717, 1.165) is 11.3 Å². The molecular formula is C47H45ClFN7O6. The van der Waals surface area contributed by atoms with Crippen LogP contribution in [0.25, 0.3) is 0 Å². The largest absolute Gasteiger partial charge is 0.489 e. The molecule has 1 saturated carbocycles. The van der Waals surface area contributed by atoms with Gasteiger partial charge < -0.3 is 29.6 Å². The second-order valence-corrected chi connectivity index (χ2v) is 18.2. The van der Waals surface area contributed by atoms with Crippen LogP contribution in [0.2, 0.25) is 5.02 Å². The molecule has 1 aliphatic carbocycles. The second-order valence-electron chi connectivity index (χ2n) is 17.8. The van der Waals surface area contributed by atoms with Crippen LogP contribution in [0.1, 0.15) is 97.0 Å². The van der Waals surface area contributed by atoms with Gasteiger partial charge in [0.1, 0.15) is 41.9 Å². The van der Waals surface area contributed by atoms with Crippen molar-refractivity contribution in [2.24, 2.45) is 10.8 Å². The van der Waals surface area contributed by atoms with Gasteiger partial charge in [-0.05, 0) is 73.0 Å². The molecule has 2 saturated heterocycles. The molecule has 3 aromatic carbocycles. The molecule has 1 aromatic heterocycles. The Labute approximate surface area is 363 Å². The lowest BCUT2D eigenvalue weighted by Crippen LogP contribution is -2.74. The van der Waals surface area contributed by atoms with Gasteiger partial charge >= 0.3 is 0 Å². The number of pyridine rings is 1. The maximum atomic E-state index is 15.6. The standard InChI is InChI=1S/C47H45ClFN7O6/c1-46(2)44(47(3,4)45(46)62-30-13-8-27(24-50)34(48)21-30)55-25-36-31(41(55)59)14-10-28(51-36)9-5-26-6-11-29(12-7-26)53-17-19-54(20-18-53)38-23-33-32(22-35(38)49)42(60)56(43(33)61)37-15-16-39(57)52-40(37)58/h6-8,10-14,21-23,37,42-45,60-61H,15-20,25H2,1-4H3,(H,52,57,58). The minimum Gasteiger partial charge on any atom is -0.489 e. The van der Waals surface area contributed by atoms with Crippen LogP contribution in [0.3, 0.4) is 0 Å². The molecule has 4 aromatic rings. The van der Waals surface area contributed by atoms with Gasteiger partial charge in [-0.2, -0.15) is 5.26 Å². The fourth-order valence-electron chi connectivity index (χ4n) is 10.6. The molecule has 3 unspecified atom stereocenters. The molecule has 0 bridgehead atoms. The number of nitriles is 1. The number of aromatic nitrogens is 1. The SMILES string of the molecule is CC1(C)C(Oc2ccc(C#N)c(Cl)c2)C(C)(C)C1N1Cc2nc(C#Cc3ccc(N4CCN(c5cc6c(cc5F)C(O)N(C5CCC(=O)NC5=O)C6O)CC4)cc3)ccc2C1=O.